The van der Waals surface area contributed by atoms with Crippen LogP contribution in [0.15, 0.2) is 29.2 Å². The minimum absolute atomic E-state index is 0.0363. The van der Waals surface area contributed by atoms with Crippen molar-refractivity contribution in [2.75, 3.05) is 7.11 Å². The number of nitrogens with zero attached hydrogens (tertiary/aromatic N) is 1. The third-order valence-electron chi connectivity index (χ3n) is 4.29. The van der Waals surface area contributed by atoms with E-state index in [0.29, 0.717) is 5.75 Å². The van der Waals surface area contributed by atoms with Crippen LogP contribution in [0.4, 0.5) is 0 Å². The first-order valence-electron chi connectivity index (χ1n) is 7.32. The lowest BCUT2D eigenvalue weighted by Gasteiger charge is -2.30. The van der Waals surface area contributed by atoms with E-state index >= 15 is 0 Å². The van der Waals surface area contributed by atoms with E-state index in [1.54, 1.807) is 34.9 Å². The molecule has 0 fully saturated rings. The largest absolute Gasteiger partial charge is 0.504 e. The molecular weight excluding hydrogens is 409 g/mol. The molecule has 1 aromatic carbocycles. The van der Waals surface area contributed by atoms with Gasteiger partial charge in [-0.05, 0) is 30.5 Å². The molecule has 5 nitrogen and oxygen atoms in total. The van der Waals surface area contributed by atoms with Gasteiger partial charge in [-0.25, -0.2) is 0 Å². The summed E-state index contributed by atoms with van der Waals surface area (Å²) in [5.74, 6) is 0.461. The summed E-state index contributed by atoms with van der Waals surface area (Å²) in [6.07, 6.45) is 3.27. The maximum Gasteiger partial charge on any atom is 0.227 e. The standard InChI is InChI=1S/C17H16INO4/c1-3-10-4-9-5-16(23-2)15(21)6-11(9)13-7-14(20)12(17(18)22)8-19(10)13/h5-8,10,21H,3-4H2,1-2H3/t10-/m0/s1. The first-order chi connectivity index (χ1) is 11.0. The SMILES string of the molecule is CC[C@H]1Cc2cc(OC)c(O)cc2-c2cc(=O)c(C(=O)I)cn21. The number of fused-ring (bicyclic) bond motifs is 3. The maximum atomic E-state index is 12.2. The van der Waals surface area contributed by atoms with Crippen LogP contribution in [0.3, 0.4) is 0 Å². The predicted molar refractivity (Wildman–Crippen MR) is 95.7 cm³/mol. The predicted octanol–water partition coefficient (Wildman–Crippen LogP) is 3.31. The number of phenols is 1. The summed E-state index contributed by atoms with van der Waals surface area (Å²) < 4.78 is 6.89. The number of carbonyl (C=O) groups excluding carboxylic acids is 1. The van der Waals surface area contributed by atoms with Gasteiger partial charge in [0.1, 0.15) is 0 Å². The molecule has 0 spiro atoms. The van der Waals surface area contributed by atoms with Crippen molar-refractivity contribution in [1.29, 1.82) is 0 Å². The molecule has 0 aliphatic carbocycles. The van der Waals surface area contributed by atoms with E-state index in [1.807, 2.05) is 10.6 Å². The van der Waals surface area contributed by atoms with Crippen molar-refractivity contribution in [3.8, 4) is 22.8 Å². The van der Waals surface area contributed by atoms with Crippen molar-refractivity contribution in [3.63, 3.8) is 0 Å². The van der Waals surface area contributed by atoms with Gasteiger partial charge in [0.05, 0.1) is 18.4 Å². The molecule has 0 saturated heterocycles. The average Bonchev–Trinajstić information content (AvgIpc) is 2.53. The van der Waals surface area contributed by atoms with E-state index in [2.05, 4.69) is 6.92 Å². The molecule has 1 atom stereocenters. The van der Waals surface area contributed by atoms with E-state index in [1.165, 1.54) is 13.2 Å². The second-order valence-corrected chi connectivity index (χ2v) is 6.54. The molecule has 1 aliphatic rings. The fourth-order valence-electron chi connectivity index (χ4n) is 3.09. The number of rotatable bonds is 3. The zero-order valence-electron chi connectivity index (χ0n) is 12.8. The summed E-state index contributed by atoms with van der Waals surface area (Å²) in [6.45, 7) is 2.07. The Hall–Kier alpha value is -1.83. The number of carbonyl (C=O) groups is 1. The molecule has 0 saturated carbocycles. The van der Waals surface area contributed by atoms with Gasteiger partial charge in [-0.2, -0.15) is 0 Å². The Balaban J connectivity index is 2.29. The molecule has 0 radical (unpaired) electrons. The summed E-state index contributed by atoms with van der Waals surface area (Å²) >= 11 is 1.63. The molecule has 23 heavy (non-hydrogen) atoms. The van der Waals surface area contributed by atoms with Gasteiger partial charge in [-0.3, -0.25) is 9.59 Å². The molecule has 0 unspecified atom stereocenters. The first-order valence-corrected chi connectivity index (χ1v) is 8.40. The zero-order chi connectivity index (χ0) is 16.7. The van der Waals surface area contributed by atoms with Crippen molar-refractivity contribution in [2.24, 2.45) is 0 Å². The smallest absolute Gasteiger partial charge is 0.227 e. The van der Waals surface area contributed by atoms with Gasteiger partial charge in [-0.1, -0.05) is 6.92 Å². The van der Waals surface area contributed by atoms with Crippen LogP contribution in [0.1, 0.15) is 35.3 Å². The van der Waals surface area contributed by atoms with Gasteiger partial charge in [0, 0.05) is 46.5 Å². The Morgan fingerprint density at radius 3 is 2.78 bits per heavy atom. The van der Waals surface area contributed by atoms with Crippen molar-refractivity contribution < 1.29 is 14.6 Å². The zero-order valence-corrected chi connectivity index (χ0v) is 15.0. The summed E-state index contributed by atoms with van der Waals surface area (Å²) in [7, 11) is 1.51. The van der Waals surface area contributed by atoms with E-state index in [4.69, 9.17) is 4.74 Å². The first kappa shape index (κ1) is 16.0. The van der Waals surface area contributed by atoms with E-state index in [-0.39, 0.29) is 26.6 Å². The van der Waals surface area contributed by atoms with Crippen LogP contribution >= 0.6 is 22.6 Å². The molecule has 1 aromatic heterocycles. The van der Waals surface area contributed by atoms with Crippen molar-refractivity contribution >= 4 is 26.4 Å². The minimum Gasteiger partial charge on any atom is -0.504 e. The topological polar surface area (TPSA) is 68.5 Å². The molecule has 3 rings (SSSR count). The Kier molecular flexibility index (Phi) is 4.18. The molecule has 6 heteroatoms. The van der Waals surface area contributed by atoms with Gasteiger partial charge in [-0.15, -0.1) is 0 Å². The number of benzene rings is 1. The van der Waals surface area contributed by atoms with Crippen LogP contribution < -0.4 is 10.2 Å². The highest BCUT2D eigenvalue weighted by Crippen LogP contribution is 2.41. The molecule has 120 valence electrons. The third kappa shape index (κ3) is 2.65. The van der Waals surface area contributed by atoms with Gasteiger partial charge >= 0.3 is 0 Å². The van der Waals surface area contributed by atoms with Crippen LogP contribution in [0.25, 0.3) is 11.3 Å². The van der Waals surface area contributed by atoms with Crippen molar-refractivity contribution in [2.45, 2.75) is 25.8 Å². The van der Waals surface area contributed by atoms with E-state index in [9.17, 15) is 14.7 Å². The highest BCUT2D eigenvalue weighted by molar-refractivity contribution is 14.1. The summed E-state index contributed by atoms with van der Waals surface area (Å²) in [6, 6.07) is 5.08. The monoisotopic (exact) mass is 425 g/mol. The van der Waals surface area contributed by atoms with Gasteiger partial charge in [0.2, 0.25) is 3.79 Å². The van der Waals surface area contributed by atoms with Crippen LogP contribution in [0.2, 0.25) is 0 Å². The van der Waals surface area contributed by atoms with Crippen LogP contribution in [0.5, 0.6) is 11.5 Å². The lowest BCUT2D eigenvalue weighted by atomic mass is 9.90. The van der Waals surface area contributed by atoms with Crippen molar-refractivity contribution in [1.82, 2.24) is 4.57 Å². The number of hydrogen-bond acceptors (Lipinski definition) is 4. The molecule has 1 aliphatic heterocycles. The third-order valence-corrected chi connectivity index (χ3v) is 4.87. The fraction of sp³-hybridized carbons (Fsp3) is 0.294. The fourth-order valence-corrected chi connectivity index (χ4v) is 3.49. The average molecular weight is 425 g/mol. The second-order valence-electron chi connectivity index (χ2n) is 5.56. The van der Waals surface area contributed by atoms with Gasteiger partial charge < -0.3 is 14.4 Å². The molecule has 0 amide bonds. The molecule has 2 heterocycles. The Morgan fingerprint density at radius 1 is 1.43 bits per heavy atom. The highest BCUT2D eigenvalue weighted by Gasteiger charge is 2.26. The minimum atomic E-state index is -0.298. The Bertz CT molecular complexity index is 856. The summed E-state index contributed by atoms with van der Waals surface area (Å²) in [5.41, 5.74) is 2.45. The number of aromatic hydroxyl groups is 1. The number of phenolic OH excluding ortho intramolecular Hbond substituents is 1. The second kappa shape index (κ2) is 5.99. The number of methoxy groups -OCH3 is 1. The normalized spacial score (nSPS) is 15.7. The molecule has 2 aromatic rings. The quantitative estimate of drug-likeness (QED) is 0.606. The van der Waals surface area contributed by atoms with Crippen LogP contribution in [-0.4, -0.2) is 20.6 Å². The molecule has 1 N–H and O–H groups in total. The number of pyridine rings is 1. The Morgan fingerprint density at radius 2 is 2.17 bits per heavy atom. The Labute approximate surface area is 147 Å². The lowest BCUT2D eigenvalue weighted by Crippen LogP contribution is -2.24. The summed E-state index contributed by atoms with van der Waals surface area (Å²) in [4.78, 5) is 23.9. The number of halogens is 1. The van der Waals surface area contributed by atoms with Gasteiger partial charge in [0.15, 0.2) is 16.9 Å². The molecule has 0 bridgehead atoms. The molecular formula is C17H16INO4. The van der Waals surface area contributed by atoms with E-state index in [0.717, 1.165) is 29.7 Å². The number of hydrogen-bond donors (Lipinski definition) is 1. The van der Waals surface area contributed by atoms with E-state index < -0.39 is 0 Å². The lowest BCUT2D eigenvalue weighted by molar-refractivity contribution is 0.110. The number of ether oxygens (including phenoxy) is 1. The van der Waals surface area contributed by atoms with Crippen molar-refractivity contribution in [3.05, 3.63) is 45.7 Å². The highest BCUT2D eigenvalue weighted by atomic mass is 127. The van der Waals surface area contributed by atoms with Gasteiger partial charge in [0.25, 0.3) is 0 Å². The maximum absolute atomic E-state index is 12.2. The van der Waals surface area contributed by atoms with Crippen LogP contribution in [0, 0.1) is 0 Å². The number of aromatic nitrogens is 1. The van der Waals surface area contributed by atoms with Crippen LogP contribution in [-0.2, 0) is 6.42 Å². The summed E-state index contributed by atoms with van der Waals surface area (Å²) in [5, 5.41) is 10.1.